The van der Waals surface area contributed by atoms with E-state index in [1.54, 1.807) is 7.11 Å². The molecule has 0 saturated heterocycles. The fraction of sp³-hybridized carbons (Fsp3) is 0.500. The number of nitrogens with one attached hydrogen (secondary N) is 1. The van der Waals surface area contributed by atoms with Gasteiger partial charge < -0.3 is 15.8 Å². The molecular weight excluding hydrogens is 188 g/mol. The molecule has 0 spiro atoms. The summed E-state index contributed by atoms with van der Waals surface area (Å²) >= 11 is 0. The van der Waals surface area contributed by atoms with Crippen LogP contribution in [0.2, 0.25) is 0 Å². The van der Waals surface area contributed by atoms with Gasteiger partial charge in [0.25, 0.3) is 0 Å². The molecule has 0 aromatic heterocycles. The Morgan fingerprint density at radius 3 is 2.80 bits per heavy atom. The van der Waals surface area contributed by atoms with Gasteiger partial charge in [0.1, 0.15) is 0 Å². The lowest BCUT2D eigenvalue weighted by Gasteiger charge is -2.11. The Labute approximate surface area is 91.6 Å². The van der Waals surface area contributed by atoms with Crippen LogP contribution in [0.4, 0.5) is 0 Å². The van der Waals surface area contributed by atoms with Gasteiger partial charge in [-0.1, -0.05) is 24.3 Å². The Kier molecular flexibility index (Phi) is 5.32. The Bertz CT molecular complexity index is 289. The van der Waals surface area contributed by atoms with Crippen LogP contribution in [0.1, 0.15) is 18.1 Å². The molecule has 0 radical (unpaired) electrons. The van der Waals surface area contributed by atoms with Crippen molar-refractivity contribution in [1.29, 1.82) is 0 Å². The van der Waals surface area contributed by atoms with E-state index < -0.39 is 0 Å². The Hall–Kier alpha value is -0.900. The van der Waals surface area contributed by atoms with Gasteiger partial charge in [0, 0.05) is 26.2 Å². The first-order chi connectivity index (χ1) is 7.26. The SMILES string of the molecule is COCc1cccc(CNC(C)CN)c1. The molecule has 1 atom stereocenters. The zero-order chi connectivity index (χ0) is 11.1. The molecule has 0 bridgehead atoms. The van der Waals surface area contributed by atoms with E-state index in [4.69, 9.17) is 10.5 Å². The number of benzene rings is 1. The monoisotopic (exact) mass is 208 g/mol. The van der Waals surface area contributed by atoms with E-state index in [-0.39, 0.29) is 0 Å². The molecule has 0 saturated carbocycles. The highest BCUT2D eigenvalue weighted by Gasteiger charge is 1.99. The van der Waals surface area contributed by atoms with Gasteiger partial charge in [0.05, 0.1) is 6.61 Å². The largest absolute Gasteiger partial charge is 0.380 e. The van der Waals surface area contributed by atoms with E-state index in [9.17, 15) is 0 Å². The van der Waals surface area contributed by atoms with E-state index in [1.165, 1.54) is 11.1 Å². The van der Waals surface area contributed by atoms with Crippen molar-refractivity contribution < 1.29 is 4.74 Å². The summed E-state index contributed by atoms with van der Waals surface area (Å²) in [6.45, 7) is 4.27. The number of nitrogens with two attached hydrogens (primary N) is 1. The van der Waals surface area contributed by atoms with E-state index in [2.05, 4.69) is 36.5 Å². The van der Waals surface area contributed by atoms with Crippen LogP contribution in [-0.2, 0) is 17.9 Å². The molecule has 1 aromatic carbocycles. The van der Waals surface area contributed by atoms with Crippen molar-refractivity contribution in [2.24, 2.45) is 5.73 Å². The van der Waals surface area contributed by atoms with Gasteiger partial charge >= 0.3 is 0 Å². The molecule has 1 aromatic rings. The molecule has 84 valence electrons. The molecule has 3 heteroatoms. The average molecular weight is 208 g/mol. The normalized spacial score (nSPS) is 12.7. The quantitative estimate of drug-likeness (QED) is 0.740. The first-order valence-corrected chi connectivity index (χ1v) is 5.26. The minimum absolute atomic E-state index is 0.357. The molecule has 1 rings (SSSR count). The highest BCUT2D eigenvalue weighted by atomic mass is 16.5. The summed E-state index contributed by atoms with van der Waals surface area (Å²) in [6, 6.07) is 8.74. The summed E-state index contributed by atoms with van der Waals surface area (Å²) in [6.07, 6.45) is 0. The zero-order valence-electron chi connectivity index (χ0n) is 9.49. The van der Waals surface area contributed by atoms with Crippen molar-refractivity contribution in [3.05, 3.63) is 35.4 Å². The molecule has 15 heavy (non-hydrogen) atoms. The van der Waals surface area contributed by atoms with Gasteiger partial charge in [-0.2, -0.15) is 0 Å². The van der Waals surface area contributed by atoms with Crippen LogP contribution in [0.5, 0.6) is 0 Å². The highest BCUT2D eigenvalue weighted by molar-refractivity contribution is 5.22. The molecule has 0 heterocycles. The number of hydrogen-bond acceptors (Lipinski definition) is 3. The van der Waals surface area contributed by atoms with Crippen molar-refractivity contribution in [1.82, 2.24) is 5.32 Å². The summed E-state index contributed by atoms with van der Waals surface area (Å²) in [7, 11) is 1.71. The first-order valence-electron chi connectivity index (χ1n) is 5.26. The maximum absolute atomic E-state index is 5.53. The van der Waals surface area contributed by atoms with Gasteiger partial charge in [-0.05, 0) is 18.1 Å². The third kappa shape index (κ3) is 4.42. The van der Waals surface area contributed by atoms with Crippen LogP contribution in [0, 0.1) is 0 Å². The van der Waals surface area contributed by atoms with Gasteiger partial charge in [-0.15, -0.1) is 0 Å². The lowest BCUT2D eigenvalue weighted by Crippen LogP contribution is -2.32. The fourth-order valence-corrected chi connectivity index (χ4v) is 1.37. The lowest BCUT2D eigenvalue weighted by atomic mass is 10.1. The molecule has 0 fully saturated rings. The Morgan fingerprint density at radius 2 is 2.13 bits per heavy atom. The van der Waals surface area contributed by atoms with Crippen LogP contribution in [0.25, 0.3) is 0 Å². The first kappa shape index (κ1) is 12.2. The minimum atomic E-state index is 0.357. The van der Waals surface area contributed by atoms with Gasteiger partial charge in [-0.3, -0.25) is 0 Å². The van der Waals surface area contributed by atoms with Crippen LogP contribution in [0.3, 0.4) is 0 Å². The van der Waals surface area contributed by atoms with Gasteiger partial charge in [-0.25, -0.2) is 0 Å². The number of methoxy groups -OCH3 is 1. The summed E-state index contributed by atoms with van der Waals surface area (Å²) < 4.78 is 5.09. The van der Waals surface area contributed by atoms with Crippen molar-refractivity contribution in [3.8, 4) is 0 Å². The standard InChI is InChI=1S/C12H20N2O/c1-10(7-13)14-8-11-4-3-5-12(6-11)9-15-2/h3-6,10,14H,7-9,13H2,1-2H3. The maximum atomic E-state index is 5.53. The summed E-state index contributed by atoms with van der Waals surface area (Å²) in [5, 5.41) is 3.35. The number of hydrogen-bond donors (Lipinski definition) is 2. The van der Waals surface area contributed by atoms with Gasteiger partial charge in [0.2, 0.25) is 0 Å². The summed E-state index contributed by atoms with van der Waals surface area (Å²) in [5.74, 6) is 0. The van der Waals surface area contributed by atoms with Crippen molar-refractivity contribution in [2.75, 3.05) is 13.7 Å². The zero-order valence-corrected chi connectivity index (χ0v) is 9.49. The molecule has 1 unspecified atom stereocenters. The molecule has 0 aliphatic rings. The molecule has 0 aliphatic carbocycles. The Morgan fingerprint density at radius 1 is 1.40 bits per heavy atom. The summed E-state index contributed by atoms with van der Waals surface area (Å²) in [5.41, 5.74) is 8.01. The topological polar surface area (TPSA) is 47.3 Å². The van der Waals surface area contributed by atoms with Crippen molar-refractivity contribution >= 4 is 0 Å². The number of ether oxygens (including phenoxy) is 1. The van der Waals surface area contributed by atoms with Crippen LogP contribution < -0.4 is 11.1 Å². The van der Waals surface area contributed by atoms with Crippen molar-refractivity contribution in [3.63, 3.8) is 0 Å². The second-order valence-electron chi connectivity index (χ2n) is 3.77. The van der Waals surface area contributed by atoms with E-state index in [0.717, 1.165) is 6.54 Å². The minimum Gasteiger partial charge on any atom is -0.380 e. The van der Waals surface area contributed by atoms with Gasteiger partial charge in [0.15, 0.2) is 0 Å². The van der Waals surface area contributed by atoms with Crippen LogP contribution >= 0.6 is 0 Å². The van der Waals surface area contributed by atoms with Crippen LogP contribution in [0.15, 0.2) is 24.3 Å². The van der Waals surface area contributed by atoms with Crippen molar-refractivity contribution in [2.45, 2.75) is 26.1 Å². The average Bonchev–Trinajstić information content (AvgIpc) is 2.27. The molecule has 0 aliphatic heterocycles. The fourth-order valence-electron chi connectivity index (χ4n) is 1.37. The predicted molar refractivity (Wildman–Crippen MR) is 62.5 cm³/mol. The van der Waals surface area contributed by atoms with E-state index >= 15 is 0 Å². The lowest BCUT2D eigenvalue weighted by molar-refractivity contribution is 0.185. The second-order valence-corrected chi connectivity index (χ2v) is 3.77. The maximum Gasteiger partial charge on any atom is 0.0713 e. The molecular formula is C12H20N2O. The van der Waals surface area contributed by atoms with E-state index in [1.807, 2.05) is 0 Å². The highest BCUT2D eigenvalue weighted by Crippen LogP contribution is 2.06. The smallest absolute Gasteiger partial charge is 0.0713 e. The molecule has 3 nitrogen and oxygen atoms in total. The number of rotatable bonds is 6. The second kappa shape index (κ2) is 6.56. The molecule has 0 amide bonds. The van der Waals surface area contributed by atoms with E-state index in [0.29, 0.717) is 19.2 Å². The van der Waals surface area contributed by atoms with Crippen LogP contribution in [-0.4, -0.2) is 19.7 Å². The predicted octanol–water partition coefficient (Wildman–Crippen LogP) is 1.27. The Balaban J connectivity index is 2.50. The summed E-state index contributed by atoms with van der Waals surface area (Å²) in [4.78, 5) is 0. The third-order valence-electron chi connectivity index (χ3n) is 2.31. The molecule has 3 N–H and O–H groups in total. The third-order valence-corrected chi connectivity index (χ3v) is 2.31.